The molecule has 1 N–H and O–H groups in total. The first-order valence-corrected chi connectivity index (χ1v) is 6.53. The van der Waals surface area contributed by atoms with Crippen LogP contribution >= 0.6 is 15.9 Å². The van der Waals surface area contributed by atoms with Crippen LogP contribution in [0.15, 0.2) is 22.7 Å². The molecule has 0 spiro atoms. The van der Waals surface area contributed by atoms with E-state index in [9.17, 15) is 4.39 Å². The summed E-state index contributed by atoms with van der Waals surface area (Å²) in [6, 6.07) is 5.35. The lowest BCUT2D eigenvalue weighted by Gasteiger charge is -2.42. The molecule has 0 unspecified atom stereocenters. The van der Waals surface area contributed by atoms with Crippen molar-refractivity contribution >= 4 is 15.9 Å². The predicted molar refractivity (Wildman–Crippen MR) is 68.0 cm³/mol. The SMILES string of the molecule is CNCC1(Cc2ccc(F)c(Br)c2)CCC1. The molecule has 0 aliphatic heterocycles. The van der Waals surface area contributed by atoms with Crippen molar-refractivity contribution in [3.05, 3.63) is 34.1 Å². The molecule has 1 aromatic rings. The second-order valence-corrected chi connectivity index (χ2v) is 5.66. The Hall–Kier alpha value is -0.410. The zero-order valence-electron chi connectivity index (χ0n) is 9.52. The van der Waals surface area contributed by atoms with Gasteiger partial charge in [-0.3, -0.25) is 0 Å². The molecule has 1 nitrogen and oxygen atoms in total. The lowest BCUT2D eigenvalue weighted by molar-refractivity contribution is 0.133. The Bertz CT molecular complexity index is 374. The molecular formula is C13H17BrFN. The van der Waals surface area contributed by atoms with E-state index in [1.54, 1.807) is 6.07 Å². The van der Waals surface area contributed by atoms with E-state index in [0.717, 1.165) is 13.0 Å². The molecule has 0 radical (unpaired) electrons. The van der Waals surface area contributed by atoms with Crippen molar-refractivity contribution in [1.82, 2.24) is 5.32 Å². The molecule has 16 heavy (non-hydrogen) atoms. The minimum absolute atomic E-state index is 0.181. The van der Waals surface area contributed by atoms with Gasteiger partial charge in [0.25, 0.3) is 0 Å². The van der Waals surface area contributed by atoms with Crippen molar-refractivity contribution in [2.75, 3.05) is 13.6 Å². The van der Waals surface area contributed by atoms with Crippen LogP contribution in [0.4, 0.5) is 4.39 Å². The smallest absolute Gasteiger partial charge is 0.137 e. The van der Waals surface area contributed by atoms with Gasteiger partial charge in [-0.1, -0.05) is 12.5 Å². The van der Waals surface area contributed by atoms with Gasteiger partial charge in [-0.15, -0.1) is 0 Å². The molecule has 2 rings (SSSR count). The number of hydrogen-bond acceptors (Lipinski definition) is 1. The summed E-state index contributed by atoms with van der Waals surface area (Å²) >= 11 is 3.24. The minimum atomic E-state index is -0.181. The zero-order chi connectivity index (χ0) is 11.6. The average Bonchev–Trinajstić information content (AvgIpc) is 2.20. The van der Waals surface area contributed by atoms with Gasteiger partial charge in [0.15, 0.2) is 0 Å². The molecule has 0 saturated heterocycles. The molecule has 0 amide bonds. The number of rotatable bonds is 4. The van der Waals surface area contributed by atoms with E-state index in [2.05, 4.69) is 21.2 Å². The first kappa shape index (κ1) is 12.1. The number of nitrogens with one attached hydrogen (secondary N) is 1. The fourth-order valence-corrected chi connectivity index (χ4v) is 2.98. The molecule has 88 valence electrons. The lowest BCUT2D eigenvalue weighted by Crippen LogP contribution is -2.40. The van der Waals surface area contributed by atoms with Gasteiger partial charge in [0.1, 0.15) is 5.82 Å². The molecular weight excluding hydrogens is 269 g/mol. The average molecular weight is 286 g/mol. The van der Waals surface area contributed by atoms with E-state index in [1.165, 1.54) is 24.8 Å². The van der Waals surface area contributed by atoms with Gasteiger partial charge < -0.3 is 5.32 Å². The summed E-state index contributed by atoms with van der Waals surface area (Å²) in [5, 5.41) is 3.27. The van der Waals surface area contributed by atoms with Crippen molar-refractivity contribution in [1.29, 1.82) is 0 Å². The third kappa shape index (κ3) is 2.46. The maximum absolute atomic E-state index is 13.1. The highest BCUT2D eigenvalue weighted by molar-refractivity contribution is 9.10. The largest absolute Gasteiger partial charge is 0.319 e. The first-order valence-electron chi connectivity index (χ1n) is 5.74. The van der Waals surface area contributed by atoms with E-state index >= 15 is 0 Å². The van der Waals surface area contributed by atoms with E-state index in [0.29, 0.717) is 9.89 Å². The normalized spacial score (nSPS) is 18.2. The summed E-state index contributed by atoms with van der Waals surface area (Å²) in [6.07, 6.45) is 4.93. The molecule has 0 heterocycles. The van der Waals surface area contributed by atoms with Gasteiger partial charge >= 0.3 is 0 Å². The van der Waals surface area contributed by atoms with E-state index in [-0.39, 0.29) is 5.82 Å². The quantitative estimate of drug-likeness (QED) is 0.893. The molecule has 1 fully saturated rings. The molecule has 1 aliphatic rings. The third-order valence-electron chi connectivity index (χ3n) is 3.53. The molecule has 3 heteroatoms. The maximum atomic E-state index is 13.1. The van der Waals surface area contributed by atoms with Gasteiger partial charge in [0.05, 0.1) is 4.47 Å². The Labute approximate surface area is 105 Å². The van der Waals surface area contributed by atoms with E-state index < -0.39 is 0 Å². The van der Waals surface area contributed by atoms with Crippen molar-refractivity contribution in [2.24, 2.45) is 5.41 Å². The Morgan fingerprint density at radius 2 is 2.19 bits per heavy atom. The second-order valence-electron chi connectivity index (χ2n) is 4.81. The Morgan fingerprint density at radius 3 is 2.69 bits per heavy atom. The van der Waals surface area contributed by atoms with Gasteiger partial charge in [-0.05, 0) is 65.4 Å². The zero-order valence-corrected chi connectivity index (χ0v) is 11.1. The summed E-state index contributed by atoms with van der Waals surface area (Å²) < 4.78 is 13.7. The Balaban J connectivity index is 2.10. The Morgan fingerprint density at radius 1 is 1.44 bits per heavy atom. The standard InChI is InChI=1S/C13H17BrFN/c1-16-9-13(5-2-6-13)8-10-3-4-12(15)11(14)7-10/h3-4,7,16H,2,5-6,8-9H2,1H3. The summed E-state index contributed by atoms with van der Waals surface area (Å²) in [5.41, 5.74) is 1.63. The lowest BCUT2D eigenvalue weighted by atomic mass is 9.65. The molecule has 0 bridgehead atoms. The molecule has 0 atom stereocenters. The van der Waals surface area contributed by atoms with E-state index in [1.807, 2.05) is 19.2 Å². The van der Waals surface area contributed by atoms with Crippen LogP contribution in [-0.4, -0.2) is 13.6 Å². The topological polar surface area (TPSA) is 12.0 Å². The van der Waals surface area contributed by atoms with Crippen molar-refractivity contribution in [2.45, 2.75) is 25.7 Å². The van der Waals surface area contributed by atoms with Crippen LogP contribution in [0.25, 0.3) is 0 Å². The highest BCUT2D eigenvalue weighted by atomic mass is 79.9. The fraction of sp³-hybridized carbons (Fsp3) is 0.538. The maximum Gasteiger partial charge on any atom is 0.137 e. The highest BCUT2D eigenvalue weighted by Gasteiger charge is 2.36. The number of benzene rings is 1. The van der Waals surface area contributed by atoms with E-state index in [4.69, 9.17) is 0 Å². The van der Waals surface area contributed by atoms with Gasteiger partial charge in [0, 0.05) is 6.54 Å². The molecule has 1 aliphatic carbocycles. The Kier molecular flexibility index (Phi) is 3.65. The van der Waals surface area contributed by atoms with Gasteiger partial charge in [-0.25, -0.2) is 4.39 Å². The fourth-order valence-electron chi connectivity index (χ4n) is 2.55. The van der Waals surface area contributed by atoms with Crippen LogP contribution in [-0.2, 0) is 6.42 Å². The molecule has 1 aromatic carbocycles. The van der Waals surface area contributed by atoms with Crippen LogP contribution < -0.4 is 5.32 Å². The van der Waals surface area contributed by atoms with Gasteiger partial charge in [-0.2, -0.15) is 0 Å². The molecule has 0 aromatic heterocycles. The van der Waals surface area contributed by atoms with Crippen LogP contribution in [0.1, 0.15) is 24.8 Å². The number of hydrogen-bond donors (Lipinski definition) is 1. The summed E-state index contributed by atoms with van der Waals surface area (Å²) in [7, 11) is 2.00. The van der Waals surface area contributed by atoms with Crippen LogP contribution in [0.5, 0.6) is 0 Å². The van der Waals surface area contributed by atoms with Crippen molar-refractivity contribution < 1.29 is 4.39 Å². The van der Waals surface area contributed by atoms with Crippen LogP contribution in [0, 0.1) is 11.2 Å². The molecule has 1 saturated carbocycles. The van der Waals surface area contributed by atoms with Gasteiger partial charge in [0.2, 0.25) is 0 Å². The third-order valence-corrected chi connectivity index (χ3v) is 4.14. The summed E-state index contributed by atoms with van der Waals surface area (Å²) in [4.78, 5) is 0. The highest BCUT2D eigenvalue weighted by Crippen LogP contribution is 2.43. The minimum Gasteiger partial charge on any atom is -0.319 e. The second kappa shape index (κ2) is 4.84. The summed E-state index contributed by atoms with van der Waals surface area (Å²) in [6.45, 7) is 1.06. The summed E-state index contributed by atoms with van der Waals surface area (Å²) in [5.74, 6) is -0.181. The predicted octanol–water partition coefficient (Wildman–Crippen LogP) is 3.52. The monoisotopic (exact) mass is 285 g/mol. The number of halogens is 2. The first-order chi connectivity index (χ1) is 7.65. The van der Waals surface area contributed by atoms with Crippen LogP contribution in [0.2, 0.25) is 0 Å². The van der Waals surface area contributed by atoms with Crippen LogP contribution in [0.3, 0.4) is 0 Å². The van der Waals surface area contributed by atoms with Crippen molar-refractivity contribution in [3.63, 3.8) is 0 Å². The van der Waals surface area contributed by atoms with Crippen molar-refractivity contribution in [3.8, 4) is 0 Å².